The molecule has 0 spiro atoms. The Bertz CT molecular complexity index is 935. The molecule has 0 atom stereocenters. The zero-order chi connectivity index (χ0) is 19.9. The first-order valence-corrected chi connectivity index (χ1v) is 9.02. The third kappa shape index (κ3) is 5.23. The van der Waals surface area contributed by atoms with Gasteiger partial charge in [-0.1, -0.05) is 56.3 Å². The SMILES string of the molecule is CC(C)CC(=O)NNC(=O)c1ccc(Cn2nnc(-c3ccccc3)n2)cc1. The number of carbonyl (C=O) groups is 2. The predicted molar refractivity (Wildman–Crippen MR) is 104 cm³/mol. The highest BCUT2D eigenvalue weighted by Crippen LogP contribution is 2.12. The average molecular weight is 378 g/mol. The van der Waals surface area contributed by atoms with E-state index in [4.69, 9.17) is 0 Å². The molecule has 1 aromatic heterocycles. The highest BCUT2D eigenvalue weighted by molar-refractivity contribution is 5.95. The van der Waals surface area contributed by atoms with E-state index in [2.05, 4.69) is 26.3 Å². The maximum Gasteiger partial charge on any atom is 0.269 e. The largest absolute Gasteiger partial charge is 0.273 e. The number of rotatable bonds is 6. The smallest absolute Gasteiger partial charge is 0.269 e. The van der Waals surface area contributed by atoms with Crippen molar-refractivity contribution in [3.63, 3.8) is 0 Å². The van der Waals surface area contributed by atoms with Gasteiger partial charge in [-0.15, -0.1) is 10.2 Å². The highest BCUT2D eigenvalue weighted by Gasteiger charge is 2.10. The van der Waals surface area contributed by atoms with Crippen molar-refractivity contribution >= 4 is 11.8 Å². The maximum atomic E-state index is 12.1. The Morgan fingerprint density at radius 2 is 1.71 bits per heavy atom. The Morgan fingerprint density at radius 3 is 2.39 bits per heavy atom. The second-order valence-corrected chi connectivity index (χ2v) is 6.81. The van der Waals surface area contributed by atoms with Crippen molar-refractivity contribution in [3.05, 3.63) is 65.7 Å². The molecule has 0 unspecified atom stereocenters. The van der Waals surface area contributed by atoms with E-state index in [1.807, 2.05) is 56.3 Å². The van der Waals surface area contributed by atoms with Crippen molar-refractivity contribution < 1.29 is 9.59 Å². The fourth-order valence-corrected chi connectivity index (χ4v) is 2.56. The van der Waals surface area contributed by atoms with Gasteiger partial charge in [-0.2, -0.15) is 4.80 Å². The summed E-state index contributed by atoms with van der Waals surface area (Å²) in [7, 11) is 0. The summed E-state index contributed by atoms with van der Waals surface area (Å²) in [5.74, 6) is 0.207. The van der Waals surface area contributed by atoms with E-state index in [0.29, 0.717) is 24.4 Å². The molecule has 2 aromatic carbocycles. The zero-order valence-corrected chi connectivity index (χ0v) is 15.8. The van der Waals surface area contributed by atoms with Crippen molar-refractivity contribution in [2.45, 2.75) is 26.8 Å². The minimum atomic E-state index is -0.367. The molecule has 3 aromatic rings. The molecule has 0 saturated heterocycles. The van der Waals surface area contributed by atoms with Crippen molar-refractivity contribution in [1.29, 1.82) is 0 Å². The Kier molecular flexibility index (Phi) is 6.11. The topological polar surface area (TPSA) is 102 Å². The van der Waals surface area contributed by atoms with Gasteiger partial charge in [0.15, 0.2) is 0 Å². The van der Waals surface area contributed by atoms with Crippen LogP contribution in [0.5, 0.6) is 0 Å². The monoisotopic (exact) mass is 378 g/mol. The van der Waals surface area contributed by atoms with E-state index in [0.717, 1.165) is 11.1 Å². The number of carbonyl (C=O) groups excluding carboxylic acids is 2. The third-order valence-corrected chi connectivity index (χ3v) is 3.93. The van der Waals surface area contributed by atoms with Crippen LogP contribution in [-0.2, 0) is 11.3 Å². The summed E-state index contributed by atoms with van der Waals surface area (Å²) in [6.07, 6.45) is 0.356. The van der Waals surface area contributed by atoms with Crippen LogP contribution in [0.2, 0.25) is 0 Å². The predicted octanol–water partition coefficient (Wildman–Crippen LogP) is 2.20. The lowest BCUT2D eigenvalue weighted by atomic mass is 10.1. The average Bonchev–Trinajstić information content (AvgIpc) is 3.15. The van der Waals surface area contributed by atoms with Crippen LogP contribution >= 0.6 is 0 Å². The Hall–Kier alpha value is -3.55. The number of hydrogen-bond donors (Lipinski definition) is 2. The molecule has 8 heteroatoms. The molecule has 2 amide bonds. The molecule has 28 heavy (non-hydrogen) atoms. The molecule has 144 valence electrons. The van der Waals surface area contributed by atoms with Gasteiger partial charge in [0, 0.05) is 17.5 Å². The second kappa shape index (κ2) is 8.90. The molecule has 0 aliphatic heterocycles. The first-order chi connectivity index (χ1) is 13.5. The van der Waals surface area contributed by atoms with Crippen molar-refractivity contribution in [2.75, 3.05) is 0 Å². The fraction of sp³-hybridized carbons (Fsp3) is 0.250. The summed E-state index contributed by atoms with van der Waals surface area (Å²) in [4.78, 5) is 25.2. The summed E-state index contributed by atoms with van der Waals surface area (Å²) >= 11 is 0. The quantitative estimate of drug-likeness (QED) is 0.640. The molecule has 1 heterocycles. The van der Waals surface area contributed by atoms with E-state index in [-0.39, 0.29) is 17.7 Å². The van der Waals surface area contributed by atoms with Gasteiger partial charge in [0.2, 0.25) is 11.7 Å². The van der Waals surface area contributed by atoms with Gasteiger partial charge in [0.25, 0.3) is 5.91 Å². The standard InChI is InChI=1S/C20H22N6O2/c1-14(2)12-18(27)21-23-20(28)17-10-8-15(9-11-17)13-26-24-19(22-25-26)16-6-4-3-5-7-16/h3-11,14H,12-13H2,1-2H3,(H,21,27)(H,23,28). The molecule has 0 fully saturated rings. The molecule has 8 nitrogen and oxygen atoms in total. The van der Waals surface area contributed by atoms with Crippen LogP contribution in [0.4, 0.5) is 0 Å². The summed E-state index contributed by atoms with van der Waals surface area (Å²) in [6.45, 7) is 4.31. The Balaban J connectivity index is 1.57. The molecule has 2 N–H and O–H groups in total. The number of hydrazine groups is 1. The Morgan fingerprint density at radius 1 is 1.00 bits per heavy atom. The Labute approximate surface area is 162 Å². The molecule has 0 saturated carbocycles. The summed E-state index contributed by atoms with van der Waals surface area (Å²) in [5.41, 5.74) is 7.11. The lowest BCUT2D eigenvalue weighted by molar-refractivity contribution is -0.122. The van der Waals surface area contributed by atoms with Crippen molar-refractivity contribution in [3.8, 4) is 11.4 Å². The van der Waals surface area contributed by atoms with Crippen molar-refractivity contribution in [1.82, 2.24) is 31.1 Å². The number of nitrogens with one attached hydrogen (secondary N) is 2. The van der Waals surface area contributed by atoms with E-state index in [1.165, 1.54) is 4.80 Å². The zero-order valence-electron chi connectivity index (χ0n) is 15.8. The van der Waals surface area contributed by atoms with Gasteiger partial charge < -0.3 is 0 Å². The summed E-state index contributed by atoms with van der Waals surface area (Å²) < 4.78 is 0. The van der Waals surface area contributed by atoms with E-state index in [1.54, 1.807) is 12.1 Å². The lowest BCUT2D eigenvalue weighted by Gasteiger charge is -2.09. The van der Waals surface area contributed by atoms with Gasteiger partial charge in [0.1, 0.15) is 0 Å². The van der Waals surface area contributed by atoms with Crippen LogP contribution in [0, 0.1) is 5.92 Å². The van der Waals surface area contributed by atoms with Gasteiger partial charge in [-0.05, 0) is 28.8 Å². The minimum absolute atomic E-state index is 0.216. The highest BCUT2D eigenvalue weighted by atomic mass is 16.2. The van der Waals surface area contributed by atoms with E-state index < -0.39 is 0 Å². The fourth-order valence-electron chi connectivity index (χ4n) is 2.56. The van der Waals surface area contributed by atoms with Crippen LogP contribution < -0.4 is 10.9 Å². The normalized spacial score (nSPS) is 10.7. The number of tetrazole rings is 1. The number of nitrogens with zero attached hydrogens (tertiary/aromatic N) is 4. The van der Waals surface area contributed by atoms with Gasteiger partial charge in [0.05, 0.1) is 6.54 Å². The van der Waals surface area contributed by atoms with Crippen molar-refractivity contribution in [2.24, 2.45) is 5.92 Å². The van der Waals surface area contributed by atoms with Gasteiger partial charge in [-0.25, -0.2) is 0 Å². The van der Waals surface area contributed by atoms with Gasteiger partial charge >= 0.3 is 0 Å². The second-order valence-electron chi connectivity index (χ2n) is 6.81. The van der Waals surface area contributed by atoms with E-state index in [9.17, 15) is 9.59 Å². The summed E-state index contributed by atoms with van der Waals surface area (Å²) in [6, 6.07) is 16.6. The number of amides is 2. The molecule has 0 radical (unpaired) electrons. The number of hydrogen-bond acceptors (Lipinski definition) is 5. The van der Waals surface area contributed by atoms with E-state index >= 15 is 0 Å². The lowest BCUT2D eigenvalue weighted by Crippen LogP contribution is -2.42. The van der Waals surface area contributed by atoms with Crippen LogP contribution in [-0.4, -0.2) is 32.0 Å². The van der Waals surface area contributed by atoms with Crippen LogP contribution in [0.15, 0.2) is 54.6 Å². The number of benzene rings is 2. The molecule has 0 bridgehead atoms. The molecular formula is C20H22N6O2. The van der Waals surface area contributed by atoms with Crippen LogP contribution in [0.3, 0.4) is 0 Å². The molecule has 3 rings (SSSR count). The minimum Gasteiger partial charge on any atom is -0.273 e. The van der Waals surface area contributed by atoms with Crippen LogP contribution in [0.25, 0.3) is 11.4 Å². The number of aromatic nitrogens is 4. The first-order valence-electron chi connectivity index (χ1n) is 9.02. The molecular weight excluding hydrogens is 356 g/mol. The van der Waals surface area contributed by atoms with Gasteiger partial charge in [-0.3, -0.25) is 20.4 Å². The summed E-state index contributed by atoms with van der Waals surface area (Å²) in [5, 5.41) is 12.5. The molecule has 0 aliphatic carbocycles. The third-order valence-electron chi connectivity index (χ3n) is 3.93. The molecule has 0 aliphatic rings. The first kappa shape index (κ1) is 19.2. The van der Waals surface area contributed by atoms with Crippen LogP contribution in [0.1, 0.15) is 36.2 Å². The maximum absolute atomic E-state index is 12.1.